The molecule has 2 unspecified atom stereocenters. The van der Waals surface area contributed by atoms with Crippen LogP contribution in [0.1, 0.15) is 124 Å². The normalized spacial score (nSPS) is 24.2. The number of aliphatic hydroxyl groups is 6. The van der Waals surface area contributed by atoms with E-state index in [2.05, 4.69) is 52.6 Å². The summed E-state index contributed by atoms with van der Waals surface area (Å²) in [5.41, 5.74) is 4.46. The van der Waals surface area contributed by atoms with Gasteiger partial charge in [0, 0.05) is 48.4 Å². The summed E-state index contributed by atoms with van der Waals surface area (Å²) in [6.07, 6.45) is -21.0. The van der Waals surface area contributed by atoms with Crippen LogP contribution in [-0.4, -0.2) is 229 Å². The molecule has 38 nitrogen and oxygen atoms in total. The Morgan fingerprint density at radius 1 is 0.694 bits per heavy atom. The van der Waals surface area contributed by atoms with Crippen molar-refractivity contribution in [2.75, 3.05) is 45.2 Å². The van der Waals surface area contributed by atoms with E-state index in [1.165, 1.54) is 43.7 Å². The lowest BCUT2D eigenvalue weighted by molar-refractivity contribution is -0.322. The lowest BCUT2D eigenvalue weighted by atomic mass is 9.89. The van der Waals surface area contributed by atoms with Crippen LogP contribution in [0.15, 0.2) is 103 Å². The number of nitrogens with zero attached hydrogens (tertiary/aromatic N) is 1. The van der Waals surface area contributed by atoms with E-state index in [-0.39, 0.29) is 52.8 Å². The Morgan fingerprint density at radius 2 is 1.31 bits per heavy atom. The van der Waals surface area contributed by atoms with E-state index in [0.717, 1.165) is 78.9 Å². The summed E-state index contributed by atoms with van der Waals surface area (Å²) >= 11 is 14.3. The number of likely N-dealkylation sites (tertiary alicyclic amines) is 1. The van der Waals surface area contributed by atoms with E-state index in [9.17, 15) is 88.3 Å². The van der Waals surface area contributed by atoms with Crippen molar-refractivity contribution in [3.63, 3.8) is 0 Å². The lowest BCUT2D eigenvalue weighted by Gasteiger charge is -2.43. The van der Waals surface area contributed by atoms with Crippen LogP contribution >= 0.6 is 23.2 Å². The number of carbonyl (C=O) groups excluding carboxylic acids is 9. The standard InChI is InChI=1S/C81H95Cl2F3N12O26/c1-34(2)22-49(88-5)72(109)95-64-66(105)39-7-14-53(47(82)25-39)119-55-27-41-28-56(70(55)123-79-71(69(108)68(107)57(33-100)121-79)122-59(118-36(4)32-99)23-35(3)89-19-16-37-17-20-98(21-18-37)80(116)90-42-9-11-44(12-10-42)124-81(84,85)86)120-54-15-8-40(26-48(54)83)67(106)65-77(114)94-63(78(115)97-117)46-29-43(101)30-52(103)60(46)45-24-38(6-13-51(45)102)61(74(111)96-65)93-75(112)62(41)92-73(110)50(31-58(87)104)91-76(64)113/h6-15,24-30,34-37,49-50,57,59,61-69,71,79,88-89,99-103,105-108,117H,16-23,31-33H2,1-5H3,(H2,87,104)(H,90,116)(H,91,113)(H,92,110)(H,93,112)(H,94,114)(H,95,109)(H,96,111)(H,97,115)/t35-,36-,49+,50-,57+,59-,61+,62?,63+,64?,65-,66+,67+,68+,69-,71+,79-/m0/s1. The number of halogens is 5. The number of alkyl halides is 3. The minimum absolute atomic E-state index is 0.0986. The van der Waals surface area contributed by atoms with Gasteiger partial charge in [-0.05, 0) is 172 Å². The molecule has 0 spiro atoms. The summed E-state index contributed by atoms with van der Waals surface area (Å²) < 4.78 is 81.6. The number of ether oxygens (including phenoxy) is 7. The Morgan fingerprint density at radius 3 is 1.91 bits per heavy atom. The topological polar surface area (TPSA) is 570 Å². The molecule has 6 aromatic carbocycles. The average Bonchev–Trinajstić information content (AvgIpc) is 0.764. The van der Waals surface area contributed by atoms with E-state index in [1.807, 2.05) is 0 Å². The van der Waals surface area contributed by atoms with Crippen molar-refractivity contribution in [2.45, 2.75) is 176 Å². The number of nitrogens with one attached hydrogen (secondary N) is 10. The number of hydrogen-bond donors (Lipinski definition) is 21. The molecule has 0 aliphatic carbocycles. The van der Waals surface area contributed by atoms with E-state index in [0.29, 0.717) is 38.9 Å². The van der Waals surface area contributed by atoms with Gasteiger partial charge in [-0.3, -0.25) is 43.6 Å². The van der Waals surface area contributed by atoms with Gasteiger partial charge >= 0.3 is 12.4 Å². The number of hydroxylamine groups is 1. The average molecular weight is 1780 g/mol. The first-order chi connectivity index (χ1) is 58.8. The molecule has 2 saturated heterocycles. The van der Waals surface area contributed by atoms with Gasteiger partial charge in [-0.1, -0.05) is 55.2 Å². The molecule has 2 fully saturated rings. The predicted octanol–water partition coefficient (Wildman–Crippen LogP) is 3.64. The molecular formula is C81H95Cl2F3N12O26. The number of carbonyl (C=O) groups is 9. The van der Waals surface area contributed by atoms with Crippen LogP contribution in [-0.2, 0) is 52.6 Å². The molecule has 43 heteroatoms. The second-order valence-electron chi connectivity index (χ2n) is 30.8. The molecule has 17 atom stereocenters. The first-order valence-electron chi connectivity index (χ1n) is 39.3. The fraction of sp³-hybridized carbons (Fsp3) is 0.444. The van der Waals surface area contributed by atoms with E-state index < -0.39 is 261 Å². The Bertz CT molecular complexity index is 4920. The number of amides is 10. The maximum Gasteiger partial charge on any atom is 0.573 e. The molecule has 7 aliphatic rings. The van der Waals surface area contributed by atoms with Gasteiger partial charge in [0.2, 0.25) is 53.4 Å². The summed E-state index contributed by atoms with van der Waals surface area (Å²) in [5.74, 6) is -16.4. The molecule has 670 valence electrons. The number of urea groups is 1. The maximum absolute atomic E-state index is 16.3. The second kappa shape index (κ2) is 40.7. The van der Waals surface area contributed by atoms with Crippen molar-refractivity contribution in [3.05, 3.63) is 141 Å². The number of piperidine rings is 1. The first kappa shape index (κ1) is 93.5. The summed E-state index contributed by atoms with van der Waals surface area (Å²) in [7, 11) is 1.46. The number of phenols is 3. The van der Waals surface area contributed by atoms with Crippen molar-refractivity contribution in [3.8, 4) is 62.9 Å². The summed E-state index contributed by atoms with van der Waals surface area (Å²) in [6, 6.07) is 2.72. The number of benzene rings is 6. The van der Waals surface area contributed by atoms with Gasteiger partial charge in [0.15, 0.2) is 23.9 Å². The molecule has 22 N–H and O–H groups in total. The molecule has 13 rings (SSSR count). The SMILES string of the molecule is CN[C@H](CC(C)C)C(=O)NC1C(=O)N[C@@H](CC(N)=O)C(=O)NC2C(=O)N[C@H]3C(=O)N[C@H](C(=O)N[C@@H](C(=O)NO)c4cc(O)cc(O)c4-c4cc3ccc4O)[C@H](O)c3ccc(c(Cl)c3)Oc3cc2cc(c3O[C@@H]2O[C@H](CO)[C@@H](O)[C@H](O)[C@H]2O[C@@H](C[C@H](C)NCCC2CCN(C(=O)Nc3ccc(OC(F)(F)F)cc3)CC2)O[C@@H](C)CO)Oc2ccc(cc2Cl)[C@H]1O. The second-order valence-corrected chi connectivity index (χ2v) is 31.6. The van der Waals surface area contributed by atoms with Crippen molar-refractivity contribution in [2.24, 2.45) is 17.6 Å². The summed E-state index contributed by atoms with van der Waals surface area (Å²) in [4.78, 5) is 134. The molecule has 6 aromatic rings. The quantitative estimate of drug-likeness (QED) is 0.0234. The van der Waals surface area contributed by atoms with Crippen molar-refractivity contribution in [1.29, 1.82) is 0 Å². The highest BCUT2D eigenvalue weighted by Crippen LogP contribution is 2.50. The summed E-state index contributed by atoms with van der Waals surface area (Å²) in [5, 5.41) is 137. The van der Waals surface area contributed by atoms with Gasteiger partial charge in [-0.25, -0.2) is 10.3 Å². The number of hydrogen-bond acceptors (Lipinski definition) is 28. The van der Waals surface area contributed by atoms with Crippen LogP contribution in [0.3, 0.4) is 0 Å². The monoisotopic (exact) mass is 1780 g/mol. The lowest BCUT2D eigenvalue weighted by Crippen LogP contribution is -2.62. The number of phenolic OH excluding ortho intramolecular Hbond substituents is 3. The number of primary amides is 1. The van der Waals surface area contributed by atoms with Gasteiger partial charge in [0.25, 0.3) is 5.91 Å². The van der Waals surface area contributed by atoms with Crippen LogP contribution in [0.25, 0.3) is 11.1 Å². The minimum Gasteiger partial charge on any atom is -0.508 e. The number of anilines is 1. The Labute approximate surface area is 715 Å². The Balaban J connectivity index is 1.03. The number of likely N-dealkylation sites (N-methyl/N-ethyl adjacent to an activating group) is 1. The highest BCUT2D eigenvalue weighted by atomic mass is 35.5. The number of fused-ring (bicyclic) bond motifs is 15. The molecule has 0 aromatic heterocycles. The zero-order valence-electron chi connectivity index (χ0n) is 67.0. The van der Waals surface area contributed by atoms with Crippen molar-refractivity contribution in [1.82, 2.24) is 52.9 Å². The molecular weight excluding hydrogens is 1680 g/mol. The predicted molar refractivity (Wildman–Crippen MR) is 429 cm³/mol. The van der Waals surface area contributed by atoms with E-state index >= 15 is 19.2 Å². The molecule has 0 radical (unpaired) electrons. The van der Waals surface area contributed by atoms with Crippen LogP contribution < -0.4 is 78.0 Å². The zero-order valence-corrected chi connectivity index (χ0v) is 68.5. The molecule has 0 saturated carbocycles. The van der Waals surface area contributed by atoms with Gasteiger partial charge < -0.3 is 138 Å². The smallest absolute Gasteiger partial charge is 0.508 e. The van der Waals surface area contributed by atoms with Crippen LogP contribution in [0.2, 0.25) is 10.0 Å². The number of aliphatic hydroxyl groups excluding tert-OH is 6. The third-order valence-corrected chi connectivity index (χ3v) is 21.9. The van der Waals surface area contributed by atoms with Crippen molar-refractivity contribution >= 4 is 82.2 Å². The summed E-state index contributed by atoms with van der Waals surface area (Å²) in [6.45, 7) is 6.32. The van der Waals surface area contributed by atoms with Gasteiger partial charge in [0.1, 0.15) is 101 Å². The largest absolute Gasteiger partial charge is 0.573 e. The molecule has 7 heterocycles. The number of nitrogens with two attached hydrogens (primary N) is 1. The first-order valence-corrected chi connectivity index (χ1v) is 40.0. The van der Waals surface area contributed by atoms with Crippen LogP contribution in [0.4, 0.5) is 23.7 Å². The molecule has 11 bridgehead atoms. The number of aromatic hydroxyl groups is 3. The van der Waals surface area contributed by atoms with E-state index in [4.69, 9.17) is 57.4 Å². The minimum atomic E-state index is -4.90. The van der Waals surface area contributed by atoms with E-state index in [1.54, 1.807) is 25.7 Å². The number of rotatable bonds is 24. The molecule has 10 amide bonds. The molecule has 124 heavy (non-hydrogen) atoms. The van der Waals surface area contributed by atoms with Crippen molar-refractivity contribution < 1.29 is 141 Å². The van der Waals surface area contributed by atoms with Gasteiger partial charge in [-0.2, -0.15) is 0 Å². The maximum atomic E-state index is 16.3. The third kappa shape index (κ3) is 22.7. The van der Waals surface area contributed by atoms with Crippen LogP contribution in [0.5, 0.6) is 51.7 Å². The Hall–Kier alpha value is -11.2. The fourth-order valence-electron chi connectivity index (χ4n) is 14.8. The highest BCUT2D eigenvalue weighted by Gasteiger charge is 2.50. The Kier molecular flexibility index (Phi) is 30.7. The van der Waals surface area contributed by atoms with Gasteiger partial charge in [-0.15, -0.1) is 13.2 Å². The van der Waals surface area contributed by atoms with Crippen LogP contribution in [0, 0.1) is 11.8 Å². The third-order valence-electron chi connectivity index (χ3n) is 21.3. The fourth-order valence-corrected chi connectivity index (χ4v) is 15.3. The highest BCUT2D eigenvalue weighted by molar-refractivity contribution is 6.32. The van der Waals surface area contributed by atoms with Gasteiger partial charge in [0.05, 0.1) is 41.8 Å². The molecule has 7 aliphatic heterocycles. The zero-order chi connectivity index (χ0) is 90.0.